The molecule has 1 aliphatic heterocycles. The van der Waals surface area contributed by atoms with Gasteiger partial charge >= 0.3 is 0 Å². The van der Waals surface area contributed by atoms with Crippen LogP contribution in [0.3, 0.4) is 0 Å². The van der Waals surface area contributed by atoms with Crippen LogP contribution in [-0.4, -0.2) is 28.0 Å². The molecule has 2 aromatic rings. The molecule has 1 saturated carbocycles. The van der Waals surface area contributed by atoms with Crippen LogP contribution in [0.1, 0.15) is 55.0 Å². The molecular formula is C17H24N4S. The SMILES string of the molecule is CN1CCc2c(sc3ncn(C4CCCCCC4)c(=N)c23)C1. The lowest BCUT2D eigenvalue weighted by Crippen LogP contribution is -2.28. The summed E-state index contributed by atoms with van der Waals surface area (Å²) < 4.78 is 2.17. The molecule has 0 spiro atoms. The summed E-state index contributed by atoms with van der Waals surface area (Å²) in [5, 5.41) is 9.91. The summed E-state index contributed by atoms with van der Waals surface area (Å²) in [4.78, 5) is 9.57. The Morgan fingerprint density at radius 2 is 2.00 bits per heavy atom. The molecule has 2 aromatic heterocycles. The molecule has 1 fully saturated rings. The van der Waals surface area contributed by atoms with Gasteiger partial charge in [-0.2, -0.15) is 0 Å². The highest BCUT2D eigenvalue weighted by atomic mass is 32.1. The molecule has 4 nitrogen and oxygen atoms in total. The van der Waals surface area contributed by atoms with Crippen LogP contribution < -0.4 is 5.49 Å². The van der Waals surface area contributed by atoms with Crippen molar-refractivity contribution < 1.29 is 0 Å². The summed E-state index contributed by atoms with van der Waals surface area (Å²) >= 11 is 1.79. The van der Waals surface area contributed by atoms with Gasteiger partial charge in [0.15, 0.2) is 0 Å². The fraction of sp³-hybridized carbons (Fsp3) is 0.647. The minimum absolute atomic E-state index is 0.480. The number of hydrogen-bond acceptors (Lipinski definition) is 4. The van der Waals surface area contributed by atoms with Crippen molar-refractivity contribution in [3.05, 3.63) is 22.3 Å². The zero-order valence-electron chi connectivity index (χ0n) is 13.3. The van der Waals surface area contributed by atoms with E-state index in [2.05, 4.69) is 16.5 Å². The lowest BCUT2D eigenvalue weighted by molar-refractivity contribution is 0.317. The molecule has 0 aromatic carbocycles. The molecule has 4 rings (SSSR count). The lowest BCUT2D eigenvalue weighted by Gasteiger charge is -2.22. The van der Waals surface area contributed by atoms with Crippen molar-refractivity contribution >= 4 is 21.6 Å². The number of nitrogens with zero attached hydrogens (tertiary/aromatic N) is 3. The average molecular weight is 316 g/mol. The normalized spacial score (nSPS) is 21.0. The van der Waals surface area contributed by atoms with Gasteiger partial charge in [0.25, 0.3) is 0 Å². The minimum atomic E-state index is 0.480. The van der Waals surface area contributed by atoms with Crippen LogP contribution in [0.4, 0.5) is 0 Å². The highest BCUT2D eigenvalue weighted by Gasteiger charge is 2.22. The Bertz CT molecular complexity index is 737. The zero-order valence-corrected chi connectivity index (χ0v) is 14.1. The first-order valence-electron chi connectivity index (χ1n) is 8.48. The predicted molar refractivity (Wildman–Crippen MR) is 90.2 cm³/mol. The number of nitrogens with one attached hydrogen (secondary N) is 1. The molecule has 1 aliphatic carbocycles. The zero-order chi connectivity index (χ0) is 15.1. The van der Waals surface area contributed by atoms with Crippen LogP contribution in [0, 0.1) is 5.41 Å². The van der Waals surface area contributed by atoms with Crippen molar-refractivity contribution in [2.75, 3.05) is 13.6 Å². The first kappa shape index (κ1) is 14.4. The largest absolute Gasteiger partial charge is 0.314 e. The monoisotopic (exact) mass is 316 g/mol. The molecule has 0 saturated heterocycles. The van der Waals surface area contributed by atoms with Crippen LogP contribution in [0.15, 0.2) is 6.33 Å². The second-order valence-corrected chi connectivity index (χ2v) is 7.90. The van der Waals surface area contributed by atoms with Crippen LogP contribution in [-0.2, 0) is 13.0 Å². The van der Waals surface area contributed by atoms with Gasteiger partial charge in [-0.05, 0) is 31.9 Å². The molecule has 22 heavy (non-hydrogen) atoms. The van der Waals surface area contributed by atoms with Crippen molar-refractivity contribution in [1.82, 2.24) is 14.5 Å². The summed E-state index contributed by atoms with van der Waals surface area (Å²) in [5.41, 5.74) is 2.11. The van der Waals surface area contributed by atoms with Gasteiger partial charge in [-0.1, -0.05) is 25.7 Å². The van der Waals surface area contributed by atoms with Gasteiger partial charge in [0, 0.05) is 24.0 Å². The van der Waals surface area contributed by atoms with E-state index in [0.29, 0.717) is 11.5 Å². The Balaban J connectivity index is 1.81. The van der Waals surface area contributed by atoms with Gasteiger partial charge in [0.05, 0.1) is 11.7 Å². The van der Waals surface area contributed by atoms with Crippen molar-refractivity contribution in [2.45, 2.75) is 57.5 Å². The quantitative estimate of drug-likeness (QED) is 0.819. The second kappa shape index (κ2) is 5.78. The Morgan fingerprint density at radius 3 is 2.77 bits per heavy atom. The molecule has 3 heterocycles. The van der Waals surface area contributed by atoms with Crippen molar-refractivity contribution in [2.24, 2.45) is 0 Å². The third-order valence-corrected chi connectivity index (χ3v) is 6.37. The number of thiophene rings is 1. The first-order valence-corrected chi connectivity index (χ1v) is 9.30. The Morgan fingerprint density at radius 1 is 1.23 bits per heavy atom. The van der Waals surface area contributed by atoms with Crippen LogP contribution >= 0.6 is 11.3 Å². The molecule has 0 atom stereocenters. The maximum atomic E-state index is 8.77. The van der Waals surface area contributed by atoms with Gasteiger partial charge in [-0.3, -0.25) is 5.41 Å². The molecule has 118 valence electrons. The van der Waals surface area contributed by atoms with Gasteiger partial charge in [0.2, 0.25) is 0 Å². The van der Waals surface area contributed by atoms with Gasteiger partial charge in [-0.15, -0.1) is 11.3 Å². The summed E-state index contributed by atoms with van der Waals surface area (Å²) in [6.45, 7) is 2.11. The fourth-order valence-electron chi connectivity index (χ4n) is 3.97. The van der Waals surface area contributed by atoms with E-state index in [9.17, 15) is 0 Å². The standard InChI is InChI=1S/C17H24N4S/c1-20-9-8-13-14(10-20)22-17-15(13)16(18)21(11-19-17)12-6-4-2-3-5-7-12/h11-12,18H,2-10H2,1H3. The molecule has 0 amide bonds. The van der Waals surface area contributed by atoms with E-state index >= 15 is 0 Å². The van der Waals surface area contributed by atoms with Crippen LogP contribution in [0.5, 0.6) is 0 Å². The van der Waals surface area contributed by atoms with Crippen LogP contribution in [0.25, 0.3) is 10.2 Å². The van der Waals surface area contributed by atoms with Crippen LogP contribution in [0.2, 0.25) is 0 Å². The van der Waals surface area contributed by atoms with Gasteiger partial charge in [0.1, 0.15) is 10.3 Å². The number of likely N-dealkylation sites (N-methyl/N-ethyl adjacent to an activating group) is 1. The summed E-state index contributed by atoms with van der Waals surface area (Å²) in [7, 11) is 2.17. The smallest absolute Gasteiger partial charge is 0.136 e. The molecule has 0 unspecified atom stereocenters. The average Bonchev–Trinajstić information content (AvgIpc) is 2.69. The van der Waals surface area contributed by atoms with E-state index in [-0.39, 0.29) is 0 Å². The van der Waals surface area contributed by atoms with E-state index in [4.69, 9.17) is 10.4 Å². The Labute approximate surface area is 135 Å². The van der Waals surface area contributed by atoms with Crippen molar-refractivity contribution in [3.8, 4) is 0 Å². The summed E-state index contributed by atoms with van der Waals surface area (Å²) in [6.07, 6.45) is 10.7. The second-order valence-electron chi connectivity index (χ2n) is 6.82. The lowest BCUT2D eigenvalue weighted by atomic mass is 10.1. The predicted octanol–water partition coefficient (Wildman–Crippen LogP) is 3.46. The summed E-state index contributed by atoms with van der Waals surface area (Å²) in [6, 6.07) is 0.480. The number of rotatable bonds is 1. The van der Waals surface area contributed by atoms with E-state index in [1.54, 1.807) is 11.3 Å². The Kier molecular flexibility index (Phi) is 3.78. The first-order chi connectivity index (χ1) is 10.7. The molecule has 1 N–H and O–H groups in total. The van der Waals surface area contributed by atoms with Crippen molar-refractivity contribution in [3.63, 3.8) is 0 Å². The highest BCUT2D eigenvalue weighted by Crippen LogP contribution is 2.33. The topological polar surface area (TPSA) is 44.9 Å². The van der Waals surface area contributed by atoms with E-state index < -0.39 is 0 Å². The van der Waals surface area contributed by atoms with E-state index in [0.717, 1.165) is 29.7 Å². The summed E-state index contributed by atoms with van der Waals surface area (Å²) in [5.74, 6) is 0. The maximum absolute atomic E-state index is 8.77. The third kappa shape index (κ3) is 2.40. The van der Waals surface area contributed by atoms with Gasteiger partial charge in [-0.25, -0.2) is 4.98 Å². The molecule has 0 radical (unpaired) electrons. The number of aromatic nitrogens is 2. The third-order valence-electron chi connectivity index (χ3n) is 5.24. The molecule has 2 aliphatic rings. The van der Waals surface area contributed by atoms with Crippen molar-refractivity contribution in [1.29, 1.82) is 5.41 Å². The number of fused-ring (bicyclic) bond motifs is 3. The van der Waals surface area contributed by atoms with Gasteiger partial charge < -0.3 is 9.47 Å². The van der Waals surface area contributed by atoms with E-state index in [1.165, 1.54) is 49.0 Å². The number of hydrogen-bond donors (Lipinski definition) is 1. The maximum Gasteiger partial charge on any atom is 0.136 e. The van der Waals surface area contributed by atoms with E-state index in [1.807, 2.05) is 6.33 Å². The minimum Gasteiger partial charge on any atom is -0.314 e. The molecule has 0 bridgehead atoms. The fourth-order valence-corrected chi connectivity index (χ4v) is 5.23. The molecular weight excluding hydrogens is 292 g/mol. The molecule has 5 heteroatoms. The Hall–Kier alpha value is -1.20. The highest BCUT2D eigenvalue weighted by molar-refractivity contribution is 7.18.